The summed E-state index contributed by atoms with van der Waals surface area (Å²) in [5, 5.41) is 8.31. The third kappa shape index (κ3) is 2.61. The number of carbonyl (C=O) groups is 3. The van der Waals surface area contributed by atoms with Gasteiger partial charge in [0.25, 0.3) is 5.91 Å². The number of amides is 4. The fraction of sp³-hybridized carbons (Fsp3) is 0.727. The summed E-state index contributed by atoms with van der Waals surface area (Å²) in [7, 11) is 1.60. The van der Waals surface area contributed by atoms with Crippen molar-refractivity contribution < 1.29 is 19.6 Å². The van der Waals surface area contributed by atoms with Gasteiger partial charge in [-0.2, -0.15) is 0 Å². The molecular formula is C11H19N3O4. The first kappa shape index (κ1) is 14.4. The number of nitrogens with one attached hydrogen (secondary N) is 1. The smallest absolute Gasteiger partial charge is 0.313 e. The molecule has 0 aliphatic carbocycles. The molecule has 0 aromatic heterocycles. The van der Waals surface area contributed by atoms with E-state index in [9.17, 15) is 14.4 Å². The molecule has 7 nitrogen and oxygen atoms in total. The molecule has 0 bridgehead atoms. The molecule has 18 heavy (non-hydrogen) atoms. The molecule has 0 spiro atoms. The van der Waals surface area contributed by atoms with Crippen molar-refractivity contribution in [2.75, 3.05) is 13.6 Å². The van der Waals surface area contributed by atoms with Gasteiger partial charge in [-0.15, -0.1) is 0 Å². The first-order chi connectivity index (χ1) is 8.32. The van der Waals surface area contributed by atoms with Crippen LogP contribution in [0.5, 0.6) is 0 Å². The van der Waals surface area contributed by atoms with E-state index in [1.807, 2.05) is 0 Å². The van der Waals surface area contributed by atoms with Crippen LogP contribution in [0.1, 0.15) is 33.1 Å². The lowest BCUT2D eigenvalue weighted by molar-refractivity contribution is -0.131. The van der Waals surface area contributed by atoms with E-state index >= 15 is 0 Å². The predicted molar refractivity (Wildman–Crippen MR) is 62.7 cm³/mol. The van der Waals surface area contributed by atoms with E-state index < -0.39 is 11.4 Å². The normalized spacial score (nSPS) is 18.4. The van der Waals surface area contributed by atoms with Crippen LogP contribution in [-0.4, -0.2) is 52.0 Å². The van der Waals surface area contributed by atoms with Crippen LogP contribution in [0.4, 0.5) is 4.79 Å². The molecule has 7 heteroatoms. The Bertz CT molecular complexity index is 367. The molecule has 0 unspecified atom stereocenters. The fourth-order valence-corrected chi connectivity index (χ4v) is 1.79. The molecule has 1 saturated heterocycles. The summed E-state index contributed by atoms with van der Waals surface area (Å²) >= 11 is 0. The molecule has 1 heterocycles. The Hall–Kier alpha value is -1.63. The van der Waals surface area contributed by atoms with Gasteiger partial charge in [0.2, 0.25) is 5.91 Å². The maximum Gasteiger partial charge on any atom is 0.327 e. The van der Waals surface area contributed by atoms with E-state index in [2.05, 4.69) is 0 Å². The van der Waals surface area contributed by atoms with Gasteiger partial charge in [0.05, 0.1) is 0 Å². The standard InChI is InChI=1S/C11H19N3O4/c1-11(2)9(16)14(10(17)13(11)3)7-5-4-6-8(15)12-18/h18H,4-7H2,1-3H3,(H,12,15). The molecule has 1 rings (SSSR count). The van der Waals surface area contributed by atoms with Crippen LogP contribution in [0.15, 0.2) is 0 Å². The average molecular weight is 257 g/mol. The second kappa shape index (κ2) is 5.34. The molecular weight excluding hydrogens is 238 g/mol. The Labute approximate surface area is 106 Å². The maximum atomic E-state index is 12.0. The summed E-state index contributed by atoms with van der Waals surface area (Å²) in [4.78, 5) is 37.2. The van der Waals surface area contributed by atoms with Crippen LogP contribution in [0.3, 0.4) is 0 Å². The number of carbonyl (C=O) groups excluding carboxylic acids is 3. The zero-order valence-corrected chi connectivity index (χ0v) is 10.9. The van der Waals surface area contributed by atoms with Crippen molar-refractivity contribution in [2.24, 2.45) is 0 Å². The summed E-state index contributed by atoms with van der Waals surface area (Å²) in [6.07, 6.45) is 1.22. The molecule has 1 aliphatic heterocycles. The minimum atomic E-state index is -0.806. The molecule has 0 saturated carbocycles. The molecule has 1 fully saturated rings. The van der Waals surface area contributed by atoms with Crippen molar-refractivity contribution in [3.8, 4) is 0 Å². The van der Waals surface area contributed by atoms with Crippen LogP contribution in [0.2, 0.25) is 0 Å². The summed E-state index contributed by atoms with van der Waals surface area (Å²) in [5.41, 5.74) is 0.730. The summed E-state index contributed by atoms with van der Waals surface area (Å²) in [6, 6.07) is -0.309. The van der Waals surface area contributed by atoms with Gasteiger partial charge in [0, 0.05) is 20.0 Å². The first-order valence-electron chi connectivity index (χ1n) is 5.85. The topological polar surface area (TPSA) is 90.0 Å². The molecule has 0 aromatic rings. The second-order valence-corrected chi connectivity index (χ2v) is 4.85. The van der Waals surface area contributed by atoms with Crippen LogP contribution < -0.4 is 5.48 Å². The number of likely N-dealkylation sites (N-methyl/N-ethyl adjacent to an activating group) is 1. The van der Waals surface area contributed by atoms with Crippen LogP contribution >= 0.6 is 0 Å². The summed E-state index contributed by atoms with van der Waals surface area (Å²) in [5.74, 6) is -0.687. The SMILES string of the molecule is CN1C(=O)N(CCCCC(=O)NO)C(=O)C1(C)C. The Morgan fingerprint density at radius 2 is 1.94 bits per heavy atom. The summed E-state index contributed by atoms with van der Waals surface area (Å²) < 4.78 is 0. The zero-order valence-electron chi connectivity index (χ0n) is 10.9. The van der Waals surface area contributed by atoms with Gasteiger partial charge in [-0.25, -0.2) is 10.3 Å². The fourth-order valence-electron chi connectivity index (χ4n) is 1.79. The highest BCUT2D eigenvalue weighted by Crippen LogP contribution is 2.25. The van der Waals surface area contributed by atoms with Gasteiger partial charge in [-0.05, 0) is 26.7 Å². The van der Waals surface area contributed by atoms with Crippen LogP contribution in [-0.2, 0) is 9.59 Å². The van der Waals surface area contributed by atoms with E-state index in [0.29, 0.717) is 19.4 Å². The molecule has 4 amide bonds. The first-order valence-corrected chi connectivity index (χ1v) is 5.85. The Morgan fingerprint density at radius 3 is 2.39 bits per heavy atom. The third-order valence-electron chi connectivity index (χ3n) is 3.29. The molecule has 2 N–H and O–H groups in total. The number of rotatable bonds is 5. The predicted octanol–water partition coefficient (Wildman–Crippen LogP) is 0.335. The monoisotopic (exact) mass is 257 g/mol. The molecule has 0 aromatic carbocycles. The number of unbranched alkanes of at least 4 members (excludes halogenated alkanes) is 1. The lowest BCUT2D eigenvalue weighted by atomic mass is 10.1. The van der Waals surface area contributed by atoms with Crippen LogP contribution in [0.25, 0.3) is 0 Å². The second-order valence-electron chi connectivity index (χ2n) is 4.85. The molecule has 1 aliphatic rings. The highest BCUT2D eigenvalue weighted by molar-refractivity contribution is 6.06. The highest BCUT2D eigenvalue weighted by Gasteiger charge is 2.48. The van der Waals surface area contributed by atoms with E-state index in [0.717, 1.165) is 0 Å². The largest absolute Gasteiger partial charge is 0.327 e. The number of hydrogen-bond acceptors (Lipinski definition) is 4. The number of hydroxylamine groups is 1. The van der Waals surface area contributed by atoms with E-state index in [-0.39, 0.29) is 18.4 Å². The van der Waals surface area contributed by atoms with Crippen molar-refractivity contribution in [1.82, 2.24) is 15.3 Å². The number of imide groups is 1. The van der Waals surface area contributed by atoms with Gasteiger partial charge >= 0.3 is 6.03 Å². The zero-order chi connectivity index (χ0) is 13.9. The van der Waals surface area contributed by atoms with Crippen molar-refractivity contribution in [1.29, 1.82) is 0 Å². The lowest BCUT2D eigenvalue weighted by Crippen LogP contribution is -2.41. The van der Waals surface area contributed by atoms with Crippen molar-refractivity contribution in [3.63, 3.8) is 0 Å². The molecule has 102 valence electrons. The Balaban J connectivity index is 2.46. The maximum absolute atomic E-state index is 12.0. The molecule has 0 atom stereocenters. The van der Waals surface area contributed by atoms with Crippen molar-refractivity contribution in [2.45, 2.75) is 38.6 Å². The van der Waals surface area contributed by atoms with Gasteiger partial charge in [0.1, 0.15) is 5.54 Å². The number of nitrogens with zero attached hydrogens (tertiary/aromatic N) is 2. The minimum Gasteiger partial charge on any atom is -0.313 e. The minimum absolute atomic E-state index is 0.173. The van der Waals surface area contributed by atoms with Gasteiger partial charge in [-0.1, -0.05) is 0 Å². The highest BCUT2D eigenvalue weighted by atomic mass is 16.5. The van der Waals surface area contributed by atoms with Gasteiger partial charge < -0.3 is 4.90 Å². The van der Waals surface area contributed by atoms with Crippen molar-refractivity contribution >= 4 is 17.8 Å². The number of hydrogen-bond donors (Lipinski definition) is 2. The Morgan fingerprint density at radius 1 is 1.33 bits per heavy atom. The number of urea groups is 1. The Kier molecular flexibility index (Phi) is 4.28. The van der Waals surface area contributed by atoms with Gasteiger partial charge in [-0.3, -0.25) is 19.7 Å². The van der Waals surface area contributed by atoms with E-state index in [4.69, 9.17) is 5.21 Å². The van der Waals surface area contributed by atoms with E-state index in [1.165, 1.54) is 15.3 Å². The summed E-state index contributed by atoms with van der Waals surface area (Å²) in [6.45, 7) is 3.70. The van der Waals surface area contributed by atoms with Crippen LogP contribution in [0, 0.1) is 0 Å². The average Bonchev–Trinajstić information content (AvgIpc) is 2.48. The lowest BCUT2D eigenvalue weighted by Gasteiger charge is -2.22. The quantitative estimate of drug-likeness (QED) is 0.321. The third-order valence-corrected chi connectivity index (χ3v) is 3.29. The van der Waals surface area contributed by atoms with Gasteiger partial charge in [0.15, 0.2) is 0 Å². The van der Waals surface area contributed by atoms with Crippen molar-refractivity contribution in [3.05, 3.63) is 0 Å². The van der Waals surface area contributed by atoms with E-state index in [1.54, 1.807) is 20.9 Å². The molecule has 0 radical (unpaired) electrons.